The average molecular weight is 230 g/mol. The number of hydrogen-bond donors (Lipinski definition) is 0. The number of ether oxygens (including phenoxy) is 1. The van der Waals surface area contributed by atoms with Gasteiger partial charge in [-0.15, -0.1) is 11.6 Å². The highest BCUT2D eigenvalue weighted by Crippen LogP contribution is 2.15. The van der Waals surface area contributed by atoms with Gasteiger partial charge in [-0.3, -0.25) is 0 Å². The molecule has 2 nitrogen and oxygen atoms in total. The lowest BCUT2D eigenvalue weighted by atomic mass is 10.1. The fourth-order valence-electron chi connectivity index (χ4n) is 0.796. The molecule has 6 heteroatoms. The van der Waals surface area contributed by atoms with Crippen LogP contribution in [0.4, 0.5) is 13.2 Å². The molecule has 0 rings (SSSR count). The topological polar surface area (TPSA) is 33.0 Å². The summed E-state index contributed by atoms with van der Waals surface area (Å²) < 4.78 is 39.1. The van der Waals surface area contributed by atoms with Gasteiger partial charge in [0.05, 0.1) is 12.0 Å². The highest BCUT2D eigenvalue weighted by Gasteiger charge is 2.27. The number of alkyl halides is 4. The van der Waals surface area contributed by atoms with Gasteiger partial charge in [0.2, 0.25) is 0 Å². The van der Waals surface area contributed by atoms with Gasteiger partial charge in [-0.05, 0) is 12.8 Å². The van der Waals surface area contributed by atoms with Crippen molar-refractivity contribution in [2.24, 2.45) is 5.92 Å². The Morgan fingerprint density at radius 1 is 1.43 bits per heavy atom. The van der Waals surface area contributed by atoms with Crippen molar-refractivity contribution < 1.29 is 17.9 Å². The van der Waals surface area contributed by atoms with Crippen LogP contribution in [-0.2, 0) is 4.74 Å². The molecule has 0 aromatic heterocycles. The van der Waals surface area contributed by atoms with Crippen molar-refractivity contribution in [1.82, 2.24) is 0 Å². The Bertz CT molecular complexity index is 190. The minimum absolute atomic E-state index is 0.00851. The Balaban J connectivity index is 3.35. The van der Waals surface area contributed by atoms with Crippen LogP contribution in [-0.4, -0.2) is 25.3 Å². The van der Waals surface area contributed by atoms with Crippen molar-refractivity contribution in [3.63, 3.8) is 0 Å². The van der Waals surface area contributed by atoms with Crippen LogP contribution in [0, 0.1) is 17.2 Å². The molecule has 0 fully saturated rings. The minimum atomic E-state index is -4.28. The average Bonchev–Trinajstić information content (AvgIpc) is 2.09. The third-order valence-electron chi connectivity index (χ3n) is 1.48. The molecular weight excluding hydrogens is 219 g/mol. The zero-order chi connectivity index (χ0) is 11.0. The van der Waals surface area contributed by atoms with Gasteiger partial charge in [0.25, 0.3) is 0 Å². The first-order chi connectivity index (χ1) is 6.49. The van der Waals surface area contributed by atoms with Gasteiger partial charge in [-0.1, -0.05) is 0 Å². The van der Waals surface area contributed by atoms with Gasteiger partial charge in [0, 0.05) is 12.5 Å². The van der Waals surface area contributed by atoms with E-state index in [1.165, 1.54) is 0 Å². The van der Waals surface area contributed by atoms with E-state index in [1.807, 2.05) is 6.07 Å². The first-order valence-corrected chi connectivity index (χ1v) is 4.63. The summed E-state index contributed by atoms with van der Waals surface area (Å²) in [5.41, 5.74) is 0. The van der Waals surface area contributed by atoms with E-state index < -0.39 is 12.8 Å². The normalized spacial score (nSPS) is 13.6. The fourth-order valence-corrected chi connectivity index (χ4v) is 1.02. The number of hydrogen-bond acceptors (Lipinski definition) is 2. The van der Waals surface area contributed by atoms with Crippen LogP contribution < -0.4 is 0 Å². The molecule has 0 saturated carbocycles. The summed E-state index contributed by atoms with van der Waals surface area (Å²) in [7, 11) is 0. The van der Waals surface area contributed by atoms with Crippen LogP contribution in [0.2, 0.25) is 0 Å². The Morgan fingerprint density at radius 2 is 2.07 bits per heavy atom. The molecule has 0 radical (unpaired) electrons. The van der Waals surface area contributed by atoms with E-state index in [4.69, 9.17) is 16.9 Å². The predicted molar refractivity (Wildman–Crippen MR) is 45.9 cm³/mol. The van der Waals surface area contributed by atoms with Gasteiger partial charge in [-0.2, -0.15) is 18.4 Å². The third-order valence-corrected chi connectivity index (χ3v) is 1.85. The molecule has 0 N–H and O–H groups in total. The summed E-state index contributed by atoms with van der Waals surface area (Å²) in [6.07, 6.45) is -3.39. The zero-order valence-electron chi connectivity index (χ0n) is 7.48. The Labute approximate surface area is 85.6 Å². The van der Waals surface area contributed by atoms with Crippen LogP contribution in [0.3, 0.4) is 0 Å². The monoisotopic (exact) mass is 229 g/mol. The van der Waals surface area contributed by atoms with Crippen molar-refractivity contribution in [2.75, 3.05) is 19.1 Å². The second-order valence-electron chi connectivity index (χ2n) is 2.79. The molecule has 0 aliphatic carbocycles. The Hall–Kier alpha value is -0.470. The lowest BCUT2D eigenvalue weighted by molar-refractivity contribution is -0.174. The maximum absolute atomic E-state index is 11.6. The molecule has 0 aliphatic rings. The second-order valence-corrected chi connectivity index (χ2v) is 3.10. The van der Waals surface area contributed by atoms with Crippen LogP contribution in [0.5, 0.6) is 0 Å². The summed E-state index contributed by atoms with van der Waals surface area (Å²) in [5.74, 6) is -0.0957. The van der Waals surface area contributed by atoms with Crippen molar-refractivity contribution in [2.45, 2.75) is 19.0 Å². The van der Waals surface area contributed by atoms with Crippen molar-refractivity contribution >= 4 is 11.6 Å². The lowest BCUT2D eigenvalue weighted by Gasteiger charge is -2.08. The van der Waals surface area contributed by atoms with Crippen molar-refractivity contribution in [3.05, 3.63) is 0 Å². The molecule has 0 aromatic rings. The first-order valence-electron chi connectivity index (χ1n) is 4.09. The smallest absolute Gasteiger partial charge is 0.372 e. The molecular formula is C8H11ClF3NO. The van der Waals surface area contributed by atoms with Crippen molar-refractivity contribution in [3.8, 4) is 6.07 Å². The van der Waals surface area contributed by atoms with Gasteiger partial charge in [-0.25, -0.2) is 0 Å². The predicted octanol–water partition coefficient (Wildman–Crippen LogP) is 2.72. The fraction of sp³-hybridized carbons (Fsp3) is 0.875. The maximum atomic E-state index is 11.6. The van der Waals surface area contributed by atoms with E-state index in [0.29, 0.717) is 12.8 Å². The number of rotatable bonds is 6. The lowest BCUT2D eigenvalue weighted by Crippen LogP contribution is -2.17. The summed E-state index contributed by atoms with van der Waals surface area (Å²) in [5, 5.41) is 8.46. The Kier molecular flexibility index (Phi) is 6.67. The highest BCUT2D eigenvalue weighted by molar-refractivity contribution is 6.18. The number of nitrogens with zero attached hydrogens (tertiary/aromatic N) is 1. The third kappa shape index (κ3) is 8.14. The van der Waals surface area contributed by atoms with E-state index in [9.17, 15) is 13.2 Å². The summed E-state index contributed by atoms with van der Waals surface area (Å²) >= 11 is 5.41. The van der Waals surface area contributed by atoms with Crippen LogP contribution in [0.25, 0.3) is 0 Å². The molecule has 82 valence electrons. The molecule has 0 amide bonds. The van der Waals surface area contributed by atoms with Crippen LogP contribution >= 0.6 is 11.6 Å². The second kappa shape index (κ2) is 6.91. The van der Waals surface area contributed by atoms with Crippen LogP contribution in [0.15, 0.2) is 0 Å². The molecule has 0 aliphatic heterocycles. The molecule has 1 unspecified atom stereocenters. The van der Waals surface area contributed by atoms with Gasteiger partial charge < -0.3 is 4.74 Å². The zero-order valence-corrected chi connectivity index (χ0v) is 8.24. The minimum Gasteiger partial charge on any atom is -0.372 e. The highest BCUT2D eigenvalue weighted by atomic mass is 35.5. The molecule has 0 spiro atoms. The van der Waals surface area contributed by atoms with E-state index >= 15 is 0 Å². The summed E-state index contributed by atoms with van der Waals surface area (Å²) in [6, 6.07) is 1.95. The molecule has 14 heavy (non-hydrogen) atoms. The summed E-state index contributed by atoms with van der Waals surface area (Å²) in [4.78, 5) is 0. The molecule has 0 saturated heterocycles. The SMILES string of the molecule is N#CC(CCl)CCCOCC(F)(F)F. The van der Waals surface area contributed by atoms with Gasteiger partial charge in [0.15, 0.2) is 0 Å². The van der Waals surface area contributed by atoms with Crippen LogP contribution in [0.1, 0.15) is 12.8 Å². The Morgan fingerprint density at radius 3 is 2.50 bits per heavy atom. The maximum Gasteiger partial charge on any atom is 0.411 e. The standard InChI is InChI=1S/C8H11ClF3NO/c9-4-7(5-13)2-1-3-14-6-8(10,11)12/h7H,1-4,6H2. The molecule has 1 atom stereocenters. The number of nitriles is 1. The molecule has 0 aromatic carbocycles. The van der Waals surface area contributed by atoms with Gasteiger partial charge >= 0.3 is 6.18 Å². The largest absolute Gasteiger partial charge is 0.411 e. The van der Waals surface area contributed by atoms with Gasteiger partial charge in [0.1, 0.15) is 6.61 Å². The van der Waals surface area contributed by atoms with E-state index in [-0.39, 0.29) is 18.4 Å². The quantitative estimate of drug-likeness (QED) is 0.518. The number of halogens is 4. The summed E-state index contributed by atoms with van der Waals surface area (Å²) in [6.45, 7) is -1.22. The first kappa shape index (κ1) is 13.5. The van der Waals surface area contributed by atoms with Crippen molar-refractivity contribution in [1.29, 1.82) is 5.26 Å². The van der Waals surface area contributed by atoms with E-state index in [0.717, 1.165) is 0 Å². The van der Waals surface area contributed by atoms with E-state index in [2.05, 4.69) is 4.74 Å². The molecule has 0 bridgehead atoms. The van der Waals surface area contributed by atoms with E-state index in [1.54, 1.807) is 0 Å². The molecule has 0 heterocycles.